The number of carboxylic acids is 1. The normalized spacial score (nSPS) is 13.0. The van der Waals surface area contributed by atoms with Gasteiger partial charge in [-0.05, 0) is 5.92 Å². The van der Waals surface area contributed by atoms with Crippen LogP contribution in [0.25, 0.3) is 11.3 Å². The van der Waals surface area contributed by atoms with Crippen molar-refractivity contribution in [1.29, 1.82) is 0 Å². The van der Waals surface area contributed by atoms with Crippen molar-refractivity contribution in [3.8, 4) is 11.3 Å². The van der Waals surface area contributed by atoms with Crippen LogP contribution in [0.5, 0.6) is 0 Å². The number of aliphatic carboxylic acids is 1. The molecule has 0 spiro atoms. The Bertz CT molecular complexity index is 801. The van der Waals surface area contributed by atoms with Crippen molar-refractivity contribution in [3.05, 3.63) is 53.1 Å². The van der Waals surface area contributed by atoms with E-state index < -0.39 is 23.5 Å². The largest absolute Gasteiger partial charge is 0.480 e. The minimum Gasteiger partial charge on any atom is -0.480 e. The van der Waals surface area contributed by atoms with Crippen molar-refractivity contribution in [1.82, 2.24) is 14.9 Å². The van der Waals surface area contributed by atoms with Gasteiger partial charge in [0.2, 0.25) is 5.91 Å². The molecule has 7 nitrogen and oxygen atoms in total. The molecule has 25 heavy (non-hydrogen) atoms. The van der Waals surface area contributed by atoms with Gasteiger partial charge in [-0.1, -0.05) is 50.6 Å². The lowest BCUT2D eigenvalue weighted by Crippen LogP contribution is -2.46. The zero-order valence-corrected chi connectivity index (χ0v) is 14.2. The fourth-order valence-electron chi connectivity index (χ4n) is 2.38. The molecule has 0 aliphatic heterocycles. The monoisotopic (exact) mass is 343 g/mol. The number of hydrogen-bond acceptors (Lipinski definition) is 4. The van der Waals surface area contributed by atoms with Gasteiger partial charge in [0.25, 0.3) is 5.56 Å². The number of carbonyl (C=O) groups excluding carboxylic acids is 1. The summed E-state index contributed by atoms with van der Waals surface area (Å²) in [6.07, 6.45) is 3.26. The quantitative estimate of drug-likeness (QED) is 0.794. The molecule has 0 aliphatic rings. The summed E-state index contributed by atoms with van der Waals surface area (Å²) in [6.45, 7) is 3.35. The van der Waals surface area contributed by atoms with Gasteiger partial charge >= 0.3 is 5.97 Å². The maximum atomic E-state index is 12.2. The minimum absolute atomic E-state index is 0.213. The van der Waals surface area contributed by atoms with Crippen LogP contribution >= 0.6 is 0 Å². The molecule has 0 saturated carbocycles. The lowest BCUT2D eigenvalue weighted by molar-refractivity contribution is -0.143. The van der Waals surface area contributed by atoms with Gasteiger partial charge in [0.05, 0.1) is 11.9 Å². The number of benzene rings is 1. The van der Waals surface area contributed by atoms with E-state index in [9.17, 15) is 19.5 Å². The molecule has 0 saturated heterocycles. The molecule has 0 fully saturated rings. The van der Waals surface area contributed by atoms with Crippen LogP contribution < -0.4 is 10.9 Å². The number of carboxylic acid groups (broad SMARTS) is 1. The van der Waals surface area contributed by atoms with Crippen molar-refractivity contribution in [2.24, 2.45) is 5.92 Å². The first-order valence-electron chi connectivity index (χ1n) is 8.06. The second kappa shape index (κ2) is 8.23. The van der Waals surface area contributed by atoms with Gasteiger partial charge in [0.15, 0.2) is 0 Å². The molecule has 0 aliphatic carbocycles. The molecular weight excluding hydrogens is 322 g/mol. The second-order valence-corrected chi connectivity index (χ2v) is 5.87. The third-order valence-electron chi connectivity index (χ3n) is 4.05. The molecule has 132 valence electrons. The van der Waals surface area contributed by atoms with Crippen molar-refractivity contribution in [2.45, 2.75) is 32.9 Å². The molecule has 0 bridgehead atoms. The summed E-state index contributed by atoms with van der Waals surface area (Å²) in [7, 11) is 0. The lowest BCUT2D eigenvalue weighted by atomic mass is 9.99. The Kier molecular flexibility index (Phi) is 6.05. The predicted octanol–water partition coefficient (Wildman–Crippen LogP) is 1.53. The lowest BCUT2D eigenvalue weighted by Gasteiger charge is -2.20. The Hall–Kier alpha value is -2.96. The number of hydrogen-bond donors (Lipinski definition) is 2. The van der Waals surface area contributed by atoms with Crippen molar-refractivity contribution < 1.29 is 14.7 Å². The van der Waals surface area contributed by atoms with Crippen LogP contribution in [0.1, 0.15) is 20.3 Å². The van der Waals surface area contributed by atoms with Crippen LogP contribution in [-0.2, 0) is 16.1 Å². The fraction of sp³-hybridized carbons (Fsp3) is 0.333. The summed E-state index contributed by atoms with van der Waals surface area (Å²) in [5.41, 5.74) is 0.953. The molecule has 1 aromatic carbocycles. The van der Waals surface area contributed by atoms with Gasteiger partial charge in [-0.25, -0.2) is 9.78 Å². The molecule has 2 rings (SSSR count). The number of amides is 1. The number of aromatic nitrogens is 2. The average Bonchev–Trinajstić information content (AvgIpc) is 2.61. The Balaban J connectivity index is 2.18. The molecule has 2 atom stereocenters. The van der Waals surface area contributed by atoms with Crippen molar-refractivity contribution >= 4 is 11.9 Å². The highest BCUT2D eigenvalue weighted by atomic mass is 16.4. The van der Waals surface area contributed by atoms with Gasteiger partial charge < -0.3 is 15.0 Å². The standard InChI is InChI=1S/C18H21N3O4/c1-3-12(2)17(18(24)25)20-15(22)11-21-10-14(19-9-16(21)23)13-7-5-4-6-8-13/h4-10,12,17H,3,11H2,1-2H3,(H,20,22)(H,24,25)/t12-,17-/m1/s1. The number of rotatable bonds is 7. The van der Waals surface area contributed by atoms with E-state index in [0.29, 0.717) is 12.1 Å². The Morgan fingerprint density at radius 1 is 1.28 bits per heavy atom. The summed E-state index contributed by atoms with van der Waals surface area (Å²) in [5, 5.41) is 11.7. The van der Waals surface area contributed by atoms with E-state index in [2.05, 4.69) is 10.3 Å². The van der Waals surface area contributed by atoms with Gasteiger partial charge in [-0.15, -0.1) is 0 Å². The molecule has 1 heterocycles. The van der Waals surface area contributed by atoms with E-state index in [1.807, 2.05) is 37.3 Å². The molecule has 7 heteroatoms. The first-order chi connectivity index (χ1) is 11.9. The van der Waals surface area contributed by atoms with E-state index in [1.165, 1.54) is 10.8 Å². The van der Waals surface area contributed by atoms with Gasteiger partial charge in [0, 0.05) is 11.8 Å². The SMILES string of the molecule is CC[C@@H](C)[C@@H](NC(=O)Cn1cc(-c2ccccc2)ncc1=O)C(=O)O. The molecule has 2 aromatic rings. The Morgan fingerprint density at radius 2 is 1.96 bits per heavy atom. The van der Waals surface area contributed by atoms with E-state index in [4.69, 9.17) is 0 Å². The topological polar surface area (TPSA) is 101 Å². The smallest absolute Gasteiger partial charge is 0.326 e. The van der Waals surface area contributed by atoms with E-state index in [-0.39, 0.29) is 12.5 Å². The third-order valence-corrected chi connectivity index (χ3v) is 4.05. The van der Waals surface area contributed by atoms with Crippen LogP contribution in [0.15, 0.2) is 47.5 Å². The third kappa shape index (κ3) is 4.76. The molecule has 0 radical (unpaired) electrons. The predicted molar refractivity (Wildman–Crippen MR) is 93.0 cm³/mol. The zero-order valence-electron chi connectivity index (χ0n) is 14.2. The van der Waals surface area contributed by atoms with E-state index in [0.717, 1.165) is 11.8 Å². The number of nitrogens with one attached hydrogen (secondary N) is 1. The summed E-state index contributed by atoms with van der Waals surface area (Å²) in [6, 6.07) is 8.28. The number of carbonyl (C=O) groups is 2. The highest BCUT2D eigenvalue weighted by Gasteiger charge is 2.25. The summed E-state index contributed by atoms with van der Waals surface area (Å²) < 4.78 is 1.22. The van der Waals surface area contributed by atoms with Crippen LogP contribution in [0.3, 0.4) is 0 Å². The molecule has 2 N–H and O–H groups in total. The Labute approximate surface area is 145 Å². The molecule has 0 unspecified atom stereocenters. The molecule has 1 aromatic heterocycles. The second-order valence-electron chi connectivity index (χ2n) is 5.87. The van der Waals surface area contributed by atoms with Crippen molar-refractivity contribution in [3.63, 3.8) is 0 Å². The van der Waals surface area contributed by atoms with Gasteiger partial charge in [-0.2, -0.15) is 0 Å². The van der Waals surface area contributed by atoms with Crippen LogP contribution in [0.4, 0.5) is 0 Å². The number of nitrogens with zero attached hydrogens (tertiary/aromatic N) is 2. The first kappa shape index (κ1) is 18.4. The maximum Gasteiger partial charge on any atom is 0.326 e. The summed E-state index contributed by atoms with van der Waals surface area (Å²) >= 11 is 0. The highest BCUT2D eigenvalue weighted by Crippen LogP contribution is 2.14. The average molecular weight is 343 g/mol. The van der Waals surface area contributed by atoms with Crippen LogP contribution in [0.2, 0.25) is 0 Å². The summed E-state index contributed by atoms with van der Waals surface area (Å²) in [4.78, 5) is 39.5. The van der Waals surface area contributed by atoms with Gasteiger partial charge in [0.1, 0.15) is 12.6 Å². The molecular formula is C18H21N3O4. The van der Waals surface area contributed by atoms with Crippen molar-refractivity contribution in [2.75, 3.05) is 0 Å². The first-order valence-corrected chi connectivity index (χ1v) is 8.06. The Morgan fingerprint density at radius 3 is 2.56 bits per heavy atom. The molecule has 1 amide bonds. The van der Waals surface area contributed by atoms with Crippen LogP contribution in [-0.4, -0.2) is 32.6 Å². The summed E-state index contributed by atoms with van der Waals surface area (Å²) in [5.74, 6) is -1.83. The van der Waals surface area contributed by atoms with E-state index >= 15 is 0 Å². The minimum atomic E-state index is -1.09. The highest BCUT2D eigenvalue weighted by molar-refractivity contribution is 5.83. The maximum absolute atomic E-state index is 12.2. The fourth-order valence-corrected chi connectivity index (χ4v) is 2.38. The van der Waals surface area contributed by atoms with Gasteiger partial charge in [-0.3, -0.25) is 9.59 Å². The zero-order chi connectivity index (χ0) is 18.4. The van der Waals surface area contributed by atoms with Crippen LogP contribution in [0, 0.1) is 5.92 Å². The van der Waals surface area contributed by atoms with E-state index in [1.54, 1.807) is 6.92 Å².